The van der Waals surface area contributed by atoms with Crippen LogP contribution in [0.2, 0.25) is 0 Å². The minimum absolute atomic E-state index is 0.0994. The van der Waals surface area contributed by atoms with Crippen LogP contribution in [0.5, 0.6) is 11.5 Å². The number of carbonyl (C=O) groups is 4. The summed E-state index contributed by atoms with van der Waals surface area (Å²) in [4.78, 5) is 55.5. The van der Waals surface area contributed by atoms with E-state index in [0.29, 0.717) is 41.0 Å². The third-order valence-corrected chi connectivity index (χ3v) is 8.82. The van der Waals surface area contributed by atoms with E-state index in [4.69, 9.17) is 4.74 Å². The Balaban J connectivity index is 1.50. The van der Waals surface area contributed by atoms with Crippen LogP contribution in [0.4, 0.5) is 5.69 Å². The van der Waals surface area contributed by atoms with Crippen LogP contribution in [0.1, 0.15) is 38.2 Å². The maximum Gasteiger partial charge on any atom is 0.238 e. The lowest BCUT2D eigenvalue weighted by Crippen LogP contribution is -2.39. The number of amides is 2. The second-order valence-corrected chi connectivity index (χ2v) is 11.3. The standard InChI is InChI=1S/C31H26BrNO6/c1-3-39-24-6-4-5-19(29(24)36)25-18-11-12-20-26(21(18)14-22-23(34)13-15(2)28(35)27(22)25)31(38)33(30(20)37)17-9-7-16(32)8-10-17/h4-11,13,20-21,25-26,36H,3,12,14H2,1-2H3. The SMILES string of the molecule is CCOc1cccc(C2C3=CCC4C(=O)N(c5ccc(Br)cc5)C(=O)C4C3CC3=C2C(=O)C(C)=CC3=O)c1O. The van der Waals surface area contributed by atoms with Gasteiger partial charge < -0.3 is 9.84 Å². The third kappa shape index (κ3) is 3.84. The number of aromatic hydroxyl groups is 1. The number of hydrogen-bond donors (Lipinski definition) is 1. The van der Waals surface area contributed by atoms with Crippen molar-refractivity contribution < 1.29 is 29.0 Å². The van der Waals surface area contributed by atoms with Gasteiger partial charge in [-0.3, -0.25) is 24.1 Å². The second-order valence-electron chi connectivity index (χ2n) is 10.3. The molecule has 1 heterocycles. The number of allylic oxidation sites excluding steroid dienone is 6. The molecule has 1 aliphatic heterocycles. The molecule has 1 fully saturated rings. The second kappa shape index (κ2) is 9.45. The van der Waals surface area contributed by atoms with Gasteiger partial charge in [0.15, 0.2) is 23.1 Å². The molecular weight excluding hydrogens is 562 g/mol. The number of rotatable bonds is 4. The summed E-state index contributed by atoms with van der Waals surface area (Å²) >= 11 is 3.39. The van der Waals surface area contributed by atoms with E-state index in [1.807, 2.05) is 13.0 Å². The number of fused-ring (bicyclic) bond motifs is 3. The first-order valence-electron chi connectivity index (χ1n) is 13.0. The molecule has 3 aliphatic carbocycles. The maximum absolute atomic E-state index is 13.9. The largest absolute Gasteiger partial charge is 0.504 e. The van der Waals surface area contributed by atoms with Crippen molar-refractivity contribution in [2.24, 2.45) is 17.8 Å². The number of phenolic OH excluding ortho intramolecular Hbond substituents is 1. The van der Waals surface area contributed by atoms with Gasteiger partial charge in [0.2, 0.25) is 11.8 Å². The summed E-state index contributed by atoms with van der Waals surface area (Å²) in [6, 6.07) is 12.1. The fourth-order valence-electron chi connectivity index (χ4n) is 6.61. The number of Topliss-reactive ketones (excluding diaryl/α,β-unsaturated/α-hetero) is 1. The Morgan fingerprint density at radius 2 is 1.77 bits per heavy atom. The molecule has 8 heteroatoms. The van der Waals surface area contributed by atoms with Crippen LogP contribution in [0.25, 0.3) is 0 Å². The topological polar surface area (TPSA) is 101 Å². The van der Waals surface area contributed by atoms with E-state index in [1.165, 1.54) is 11.0 Å². The van der Waals surface area contributed by atoms with Crippen LogP contribution in [0.15, 0.2) is 81.4 Å². The molecule has 6 rings (SSSR count). The van der Waals surface area contributed by atoms with Gasteiger partial charge in [0, 0.05) is 32.7 Å². The van der Waals surface area contributed by atoms with Crippen LogP contribution in [-0.2, 0) is 19.2 Å². The highest BCUT2D eigenvalue weighted by atomic mass is 79.9. The summed E-state index contributed by atoms with van der Waals surface area (Å²) in [7, 11) is 0. The number of carbonyl (C=O) groups excluding carboxylic acids is 4. The zero-order valence-electron chi connectivity index (χ0n) is 21.4. The molecule has 4 atom stereocenters. The molecule has 1 N–H and O–H groups in total. The summed E-state index contributed by atoms with van der Waals surface area (Å²) in [5.74, 6) is -3.34. The molecule has 2 aromatic rings. The first-order chi connectivity index (χ1) is 18.7. The monoisotopic (exact) mass is 587 g/mol. The Morgan fingerprint density at radius 3 is 2.49 bits per heavy atom. The molecule has 7 nitrogen and oxygen atoms in total. The van der Waals surface area contributed by atoms with Gasteiger partial charge in [0.25, 0.3) is 0 Å². The Bertz CT molecular complexity index is 1550. The molecule has 4 unspecified atom stereocenters. The minimum atomic E-state index is -0.732. The Labute approximate surface area is 234 Å². The van der Waals surface area contributed by atoms with E-state index in [-0.39, 0.29) is 41.3 Å². The number of imide groups is 1. The number of benzene rings is 2. The lowest BCUT2D eigenvalue weighted by Gasteiger charge is -2.42. The Hall–Kier alpha value is -3.78. The van der Waals surface area contributed by atoms with E-state index in [2.05, 4.69) is 15.9 Å². The highest BCUT2D eigenvalue weighted by Crippen LogP contribution is 2.57. The number of halogens is 1. The molecule has 0 aromatic heterocycles. The van der Waals surface area contributed by atoms with Gasteiger partial charge in [-0.05, 0) is 69.0 Å². The number of nitrogens with zero attached hydrogens (tertiary/aromatic N) is 1. The summed E-state index contributed by atoms with van der Waals surface area (Å²) < 4.78 is 6.46. The highest BCUT2D eigenvalue weighted by Gasteiger charge is 2.56. The molecule has 39 heavy (non-hydrogen) atoms. The van der Waals surface area contributed by atoms with Crippen molar-refractivity contribution in [3.63, 3.8) is 0 Å². The number of hydrogen-bond acceptors (Lipinski definition) is 6. The average molecular weight is 588 g/mol. The molecule has 0 radical (unpaired) electrons. The predicted octanol–water partition coefficient (Wildman–Crippen LogP) is 5.19. The fraction of sp³-hybridized carbons (Fsp3) is 0.290. The van der Waals surface area contributed by atoms with E-state index in [0.717, 1.165) is 10.0 Å². The minimum Gasteiger partial charge on any atom is -0.504 e. The number of para-hydroxylation sites is 1. The lowest BCUT2D eigenvalue weighted by atomic mass is 9.59. The van der Waals surface area contributed by atoms with Gasteiger partial charge >= 0.3 is 0 Å². The first kappa shape index (κ1) is 25.5. The van der Waals surface area contributed by atoms with E-state index < -0.39 is 23.7 Å². The molecule has 2 aromatic carbocycles. The molecule has 0 spiro atoms. The van der Waals surface area contributed by atoms with Crippen molar-refractivity contribution in [3.05, 3.63) is 86.9 Å². The molecule has 4 aliphatic rings. The molecule has 0 saturated carbocycles. The van der Waals surface area contributed by atoms with Crippen LogP contribution >= 0.6 is 15.9 Å². The zero-order chi connectivity index (χ0) is 27.6. The van der Waals surface area contributed by atoms with Gasteiger partial charge in [-0.25, -0.2) is 0 Å². The van der Waals surface area contributed by atoms with Gasteiger partial charge in [0.05, 0.1) is 24.1 Å². The van der Waals surface area contributed by atoms with Crippen molar-refractivity contribution >= 4 is 45.0 Å². The summed E-state index contributed by atoms with van der Waals surface area (Å²) in [6.07, 6.45) is 3.80. The van der Waals surface area contributed by atoms with Gasteiger partial charge in [-0.15, -0.1) is 0 Å². The number of anilines is 1. The highest BCUT2D eigenvalue weighted by molar-refractivity contribution is 9.10. The van der Waals surface area contributed by atoms with Crippen LogP contribution in [-0.4, -0.2) is 35.1 Å². The first-order valence-corrected chi connectivity index (χ1v) is 13.8. The molecule has 2 amide bonds. The molecule has 0 bridgehead atoms. The summed E-state index contributed by atoms with van der Waals surface area (Å²) in [5.41, 5.74) is 2.76. The maximum atomic E-state index is 13.9. The van der Waals surface area contributed by atoms with Gasteiger partial charge in [0.1, 0.15) is 0 Å². The van der Waals surface area contributed by atoms with Crippen molar-refractivity contribution in [3.8, 4) is 11.5 Å². The normalized spacial score (nSPS) is 26.2. The predicted molar refractivity (Wildman–Crippen MR) is 147 cm³/mol. The van der Waals surface area contributed by atoms with Crippen molar-refractivity contribution in [1.82, 2.24) is 0 Å². The molecule has 198 valence electrons. The quantitative estimate of drug-likeness (QED) is 0.300. The van der Waals surface area contributed by atoms with Gasteiger partial charge in [-0.2, -0.15) is 0 Å². The number of ketones is 2. The van der Waals surface area contributed by atoms with Crippen LogP contribution < -0.4 is 9.64 Å². The molecule has 1 saturated heterocycles. The lowest BCUT2D eigenvalue weighted by molar-refractivity contribution is -0.123. The van der Waals surface area contributed by atoms with Gasteiger partial charge in [-0.1, -0.05) is 39.7 Å². The smallest absolute Gasteiger partial charge is 0.238 e. The Kier molecular flexibility index (Phi) is 6.18. The number of ether oxygens (including phenoxy) is 1. The molecular formula is C31H26BrNO6. The van der Waals surface area contributed by atoms with E-state index in [9.17, 15) is 24.3 Å². The number of phenols is 1. The fourth-order valence-corrected chi connectivity index (χ4v) is 6.87. The van der Waals surface area contributed by atoms with Crippen molar-refractivity contribution in [2.45, 2.75) is 32.6 Å². The van der Waals surface area contributed by atoms with Crippen molar-refractivity contribution in [1.29, 1.82) is 0 Å². The van der Waals surface area contributed by atoms with E-state index >= 15 is 0 Å². The third-order valence-electron chi connectivity index (χ3n) is 8.29. The zero-order valence-corrected chi connectivity index (χ0v) is 23.0. The average Bonchev–Trinajstić information content (AvgIpc) is 3.18. The van der Waals surface area contributed by atoms with Crippen LogP contribution in [0, 0.1) is 17.8 Å². The Morgan fingerprint density at radius 1 is 1.03 bits per heavy atom. The summed E-state index contributed by atoms with van der Waals surface area (Å²) in [5, 5.41) is 11.2. The van der Waals surface area contributed by atoms with E-state index in [1.54, 1.807) is 49.4 Å². The van der Waals surface area contributed by atoms with Crippen LogP contribution in [0.3, 0.4) is 0 Å². The summed E-state index contributed by atoms with van der Waals surface area (Å²) in [6.45, 7) is 3.77. The van der Waals surface area contributed by atoms with Crippen molar-refractivity contribution in [2.75, 3.05) is 11.5 Å².